The van der Waals surface area contributed by atoms with Crippen LogP contribution in [0.25, 0.3) is 11.0 Å². The minimum Gasteiger partial charge on any atom is -0.340 e. The summed E-state index contributed by atoms with van der Waals surface area (Å²) in [7, 11) is 1.53. The highest BCUT2D eigenvalue weighted by molar-refractivity contribution is 5.89. The van der Waals surface area contributed by atoms with Crippen molar-refractivity contribution in [1.82, 2.24) is 24.2 Å². The van der Waals surface area contributed by atoms with Crippen molar-refractivity contribution in [2.75, 3.05) is 11.9 Å². The average molecular weight is 517 g/mol. The van der Waals surface area contributed by atoms with Gasteiger partial charge in [0.1, 0.15) is 11.2 Å². The van der Waals surface area contributed by atoms with Gasteiger partial charge in [-0.1, -0.05) is 76.6 Å². The number of hydrogen-bond donors (Lipinski definition) is 2. The van der Waals surface area contributed by atoms with E-state index in [1.165, 1.54) is 30.0 Å². The third kappa shape index (κ3) is 5.75. The summed E-state index contributed by atoms with van der Waals surface area (Å²) in [5.41, 5.74) is 2.94. The van der Waals surface area contributed by atoms with Gasteiger partial charge in [-0.05, 0) is 48.6 Å². The van der Waals surface area contributed by atoms with Gasteiger partial charge in [-0.15, -0.1) is 0 Å². The second-order valence-electron chi connectivity index (χ2n) is 10.1. The van der Waals surface area contributed by atoms with Crippen LogP contribution in [0.2, 0.25) is 0 Å². The van der Waals surface area contributed by atoms with Gasteiger partial charge in [0, 0.05) is 25.3 Å². The monoisotopic (exact) mass is 516 g/mol. The predicted octanol–water partition coefficient (Wildman–Crippen LogP) is 5.19. The van der Waals surface area contributed by atoms with Gasteiger partial charge >= 0.3 is 5.69 Å². The molecule has 1 saturated heterocycles. The maximum Gasteiger partial charge on any atom is 0.332 e. The summed E-state index contributed by atoms with van der Waals surface area (Å²) in [5.74, 6) is 0.812. The third-order valence-corrected chi connectivity index (χ3v) is 6.83. The molecular formula is C30H40N6O2. The summed E-state index contributed by atoms with van der Waals surface area (Å²) in [6, 6.07) is 18.7. The molecule has 1 unspecified atom stereocenters. The number of piperidine rings is 1. The van der Waals surface area contributed by atoms with Crippen molar-refractivity contribution in [1.29, 1.82) is 0 Å². The number of fused-ring (bicyclic) bond motifs is 1. The fourth-order valence-corrected chi connectivity index (χ4v) is 4.96. The van der Waals surface area contributed by atoms with Crippen molar-refractivity contribution in [2.24, 2.45) is 13.0 Å². The van der Waals surface area contributed by atoms with Crippen LogP contribution in [-0.2, 0) is 20.1 Å². The molecule has 0 amide bonds. The molecule has 4 aromatic rings. The standard InChI is InChI=1S/C28H34N6O2.C2H6/c1-19(2)17-33-26-24(27(35)32(3)28(33)36)25(30-22-9-5-4-6-10-22)34(31-26)18-20-12-14-21(15-13-20)23-11-7-8-16-29-23;1-2/h4-6,9-10,12-15,19,23,29-30H,7-8,11,16-18H2,1-3H3;1-2H3. The number of hydrogen-bond acceptors (Lipinski definition) is 5. The molecular weight excluding hydrogens is 476 g/mol. The zero-order valence-corrected chi connectivity index (χ0v) is 23.2. The first-order valence-electron chi connectivity index (χ1n) is 13.8. The van der Waals surface area contributed by atoms with Crippen molar-refractivity contribution in [3.63, 3.8) is 0 Å². The van der Waals surface area contributed by atoms with Crippen LogP contribution in [0, 0.1) is 5.92 Å². The minimum absolute atomic E-state index is 0.222. The average Bonchev–Trinajstić information content (AvgIpc) is 3.29. The van der Waals surface area contributed by atoms with Gasteiger partial charge in [0.2, 0.25) is 0 Å². The highest BCUT2D eigenvalue weighted by Gasteiger charge is 2.22. The van der Waals surface area contributed by atoms with E-state index in [0.717, 1.165) is 24.2 Å². The minimum atomic E-state index is -0.349. The Hall–Kier alpha value is -3.65. The summed E-state index contributed by atoms with van der Waals surface area (Å²) in [4.78, 5) is 26.3. The molecule has 2 aromatic heterocycles. The van der Waals surface area contributed by atoms with Gasteiger partial charge in [-0.3, -0.25) is 13.9 Å². The van der Waals surface area contributed by atoms with Crippen LogP contribution in [0.3, 0.4) is 0 Å². The van der Waals surface area contributed by atoms with Crippen molar-refractivity contribution >= 4 is 22.5 Å². The Labute approximate surface area is 224 Å². The zero-order chi connectivity index (χ0) is 27.2. The van der Waals surface area contributed by atoms with E-state index in [2.05, 4.69) is 34.9 Å². The van der Waals surface area contributed by atoms with Gasteiger partial charge in [-0.25, -0.2) is 9.48 Å². The highest BCUT2D eigenvalue weighted by atomic mass is 16.2. The first-order valence-corrected chi connectivity index (χ1v) is 13.8. The topological polar surface area (TPSA) is 85.9 Å². The molecule has 5 rings (SSSR count). The lowest BCUT2D eigenvalue weighted by molar-refractivity contribution is 0.412. The van der Waals surface area contributed by atoms with Crippen molar-refractivity contribution in [3.05, 3.63) is 86.6 Å². The first-order chi connectivity index (χ1) is 18.4. The predicted molar refractivity (Wildman–Crippen MR) is 155 cm³/mol. The third-order valence-electron chi connectivity index (χ3n) is 6.83. The Bertz CT molecular complexity index is 1460. The molecule has 202 valence electrons. The SMILES string of the molecule is CC.CC(C)Cn1c(=O)n(C)c(=O)c2c(Nc3ccccc3)n(Cc3ccc(C4CCCCN4)cc3)nc21. The summed E-state index contributed by atoms with van der Waals surface area (Å²) >= 11 is 0. The van der Waals surface area contributed by atoms with Crippen LogP contribution in [0.15, 0.2) is 64.2 Å². The van der Waals surface area contributed by atoms with Gasteiger partial charge in [-0.2, -0.15) is 5.10 Å². The molecule has 1 aliphatic heterocycles. The first kappa shape index (κ1) is 27.4. The molecule has 0 spiro atoms. The second-order valence-corrected chi connectivity index (χ2v) is 10.1. The fraction of sp³-hybridized carbons (Fsp3) is 0.433. The second kappa shape index (κ2) is 12.3. The van der Waals surface area contributed by atoms with E-state index in [1.54, 1.807) is 4.57 Å². The molecule has 38 heavy (non-hydrogen) atoms. The number of aromatic nitrogens is 4. The number of benzene rings is 2. The van der Waals surface area contributed by atoms with E-state index in [-0.39, 0.29) is 17.2 Å². The van der Waals surface area contributed by atoms with Crippen LogP contribution in [0.4, 0.5) is 11.5 Å². The number of nitrogens with one attached hydrogen (secondary N) is 2. The summed E-state index contributed by atoms with van der Waals surface area (Å²) in [5, 5.41) is 12.3. The maximum atomic E-state index is 13.3. The van der Waals surface area contributed by atoms with Crippen LogP contribution < -0.4 is 21.9 Å². The highest BCUT2D eigenvalue weighted by Crippen LogP contribution is 2.26. The Morgan fingerprint density at radius 1 is 1.03 bits per heavy atom. The molecule has 2 aromatic carbocycles. The van der Waals surface area contributed by atoms with Gasteiger partial charge in [0.05, 0.1) is 6.54 Å². The Kier molecular flexibility index (Phi) is 8.84. The van der Waals surface area contributed by atoms with Crippen LogP contribution >= 0.6 is 0 Å². The molecule has 0 aliphatic carbocycles. The molecule has 8 heteroatoms. The fourth-order valence-electron chi connectivity index (χ4n) is 4.96. The molecule has 8 nitrogen and oxygen atoms in total. The molecule has 0 bridgehead atoms. The molecule has 3 heterocycles. The van der Waals surface area contributed by atoms with E-state index in [9.17, 15) is 9.59 Å². The van der Waals surface area contributed by atoms with Crippen molar-refractivity contribution in [3.8, 4) is 0 Å². The molecule has 2 N–H and O–H groups in total. The molecule has 0 radical (unpaired) electrons. The largest absolute Gasteiger partial charge is 0.340 e. The van der Waals surface area contributed by atoms with Crippen molar-refractivity contribution < 1.29 is 0 Å². The van der Waals surface area contributed by atoms with E-state index >= 15 is 0 Å². The normalized spacial score (nSPS) is 15.4. The van der Waals surface area contributed by atoms with E-state index in [0.29, 0.717) is 36.0 Å². The number of para-hydroxylation sites is 1. The Morgan fingerprint density at radius 3 is 2.37 bits per heavy atom. The van der Waals surface area contributed by atoms with E-state index < -0.39 is 0 Å². The summed E-state index contributed by atoms with van der Waals surface area (Å²) in [6.07, 6.45) is 3.65. The van der Waals surface area contributed by atoms with Gasteiger partial charge in [0.15, 0.2) is 5.65 Å². The zero-order valence-electron chi connectivity index (χ0n) is 23.2. The van der Waals surface area contributed by atoms with Gasteiger partial charge in [0.25, 0.3) is 5.56 Å². The lowest BCUT2D eigenvalue weighted by Crippen LogP contribution is -2.38. The Morgan fingerprint density at radius 2 is 1.74 bits per heavy atom. The lowest BCUT2D eigenvalue weighted by atomic mass is 9.97. The quantitative estimate of drug-likeness (QED) is 0.353. The van der Waals surface area contributed by atoms with Crippen LogP contribution in [-0.4, -0.2) is 25.5 Å². The smallest absolute Gasteiger partial charge is 0.332 e. The molecule has 1 fully saturated rings. The lowest BCUT2D eigenvalue weighted by Gasteiger charge is -2.24. The number of anilines is 2. The number of nitrogens with zero attached hydrogens (tertiary/aromatic N) is 4. The Balaban J connectivity index is 0.00000164. The molecule has 0 saturated carbocycles. The summed E-state index contributed by atoms with van der Waals surface area (Å²) < 4.78 is 4.61. The van der Waals surface area contributed by atoms with Crippen LogP contribution in [0.1, 0.15) is 64.1 Å². The molecule has 1 atom stereocenters. The molecule has 1 aliphatic rings. The van der Waals surface area contributed by atoms with Crippen LogP contribution in [0.5, 0.6) is 0 Å². The number of rotatable bonds is 7. The van der Waals surface area contributed by atoms with E-state index in [1.807, 2.05) is 62.7 Å². The van der Waals surface area contributed by atoms with Crippen molar-refractivity contribution in [2.45, 2.75) is 66.1 Å². The summed E-state index contributed by atoms with van der Waals surface area (Å²) in [6.45, 7) is 10.1. The van der Waals surface area contributed by atoms with E-state index in [4.69, 9.17) is 5.10 Å². The van der Waals surface area contributed by atoms with Gasteiger partial charge < -0.3 is 10.6 Å². The maximum absolute atomic E-state index is 13.3.